The van der Waals surface area contributed by atoms with Gasteiger partial charge in [-0.05, 0) is 0 Å². The van der Waals surface area contributed by atoms with Crippen molar-refractivity contribution in [3.63, 3.8) is 0 Å². The number of hydrogen-bond donors (Lipinski definition) is 5. The van der Waals surface area contributed by atoms with Gasteiger partial charge in [-0.15, -0.1) is 0 Å². The van der Waals surface area contributed by atoms with Gasteiger partial charge in [0.1, 0.15) is 12.1 Å². The summed E-state index contributed by atoms with van der Waals surface area (Å²) >= 11 is 0. The number of ether oxygens (including phenoxy) is 1. The third kappa shape index (κ3) is 2.64. The number of carbonyl (C=O) groups is 1. The third-order valence-electron chi connectivity index (χ3n) is 2.36. The van der Waals surface area contributed by atoms with Crippen LogP contribution in [0.15, 0.2) is 0 Å². The van der Waals surface area contributed by atoms with Crippen LogP contribution in [0.25, 0.3) is 0 Å². The first kappa shape index (κ1) is 12.3. The second-order valence-corrected chi connectivity index (χ2v) is 3.54. The Morgan fingerprint density at radius 3 is 2.60 bits per heavy atom. The van der Waals surface area contributed by atoms with E-state index in [0.717, 1.165) is 0 Å². The summed E-state index contributed by atoms with van der Waals surface area (Å²) in [5.41, 5.74) is 5.56. The van der Waals surface area contributed by atoms with Gasteiger partial charge in [0.25, 0.3) is 0 Å². The molecule has 0 spiro atoms. The lowest BCUT2D eigenvalue weighted by Crippen LogP contribution is -2.66. The molecule has 0 aliphatic carbocycles. The number of aliphatic hydroxyl groups excluding tert-OH is 3. The Labute approximate surface area is 86.8 Å². The lowest BCUT2D eigenvalue weighted by molar-refractivity contribution is -0.221. The Bertz CT molecular complexity index is 237. The molecule has 1 fully saturated rings. The molecule has 5 unspecified atom stereocenters. The van der Waals surface area contributed by atoms with Crippen molar-refractivity contribution in [2.75, 3.05) is 6.61 Å². The second kappa shape index (κ2) is 4.86. The monoisotopic (exact) mass is 220 g/mol. The molecule has 1 saturated heterocycles. The van der Waals surface area contributed by atoms with Crippen LogP contribution in [0.4, 0.5) is 0 Å². The number of rotatable bonds is 2. The molecule has 0 aromatic carbocycles. The van der Waals surface area contributed by atoms with Gasteiger partial charge in [0, 0.05) is 6.92 Å². The molecule has 6 N–H and O–H groups in total. The first-order valence-corrected chi connectivity index (χ1v) is 4.62. The molecule has 7 heteroatoms. The zero-order valence-corrected chi connectivity index (χ0v) is 8.33. The predicted molar refractivity (Wildman–Crippen MR) is 49.6 cm³/mol. The van der Waals surface area contributed by atoms with E-state index >= 15 is 0 Å². The van der Waals surface area contributed by atoms with Crippen molar-refractivity contribution in [2.45, 2.75) is 37.5 Å². The van der Waals surface area contributed by atoms with E-state index in [1.165, 1.54) is 6.92 Å². The fraction of sp³-hybridized carbons (Fsp3) is 0.875. The minimum Gasteiger partial charge on any atom is -0.394 e. The van der Waals surface area contributed by atoms with Crippen LogP contribution in [0.5, 0.6) is 0 Å². The van der Waals surface area contributed by atoms with Gasteiger partial charge >= 0.3 is 0 Å². The molecular formula is C8H16N2O5. The Morgan fingerprint density at radius 2 is 2.13 bits per heavy atom. The largest absolute Gasteiger partial charge is 0.394 e. The van der Waals surface area contributed by atoms with Crippen LogP contribution in [0.3, 0.4) is 0 Å². The summed E-state index contributed by atoms with van der Waals surface area (Å²) in [4.78, 5) is 10.8. The molecule has 0 saturated carbocycles. The molecule has 1 aliphatic rings. The van der Waals surface area contributed by atoms with Gasteiger partial charge in [-0.25, -0.2) is 0 Å². The summed E-state index contributed by atoms with van der Waals surface area (Å²) in [6, 6.07) is -1.82. The summed E-state index contributed by atoms with van der Waals surface area (Å²) in [5.74, 6) is -0.406. The highest BCUT2D eigenvalue weighted by Gasteiger charge is 2.42. The molecule has 5 atom stereocenters. The van der Waals surface area contributed by atoms with Gasteiger partial charge in [-0.2, -0.15) is 0 Å². The number of nitrogens with two attached hydrogens (primary N) is 1. The Morgan fingerprint density at radius 1 is 1.53 bits per heavy atom. The fourth-order valence-electron chi connectivity index (χ4n) is 1.54. The Balaban J connectivity index is 2.70. The van der Waals surface area contributed by atoms with Crippen molar-refractivity contribution in [1.29, 1.82) is 0 Å². The van der Waals surface area contributed by atoms with Crippen molar-refractivity contribution < 1.29 is 24.9 Å². The van der Waals surface area contributed by atoms with Gasteiger partial charge in [0.05, 0.1) is 18.8 Å². The van der Waals surface area contributed by atoms with Gasteiger partial charge in [-0.3, -0.25) is 4.79 Å². The van der Waals surface area contributed by atoms with Gasteiger partial charge in [0.2, 0.25) is 5.91 Å². The lowest BCUT2D eigenvalue weighted by atomic mass is 9.95. The molecular weight excluding hydrogens is 204 g/mol. The lowest BCUT2D eigenvalue weighted by Gasteiger charge is -2.40. The molecule has 0 bridgehead atoms. The molecule has 0 radical (unpaired) electrons. The molecule has 88 valence electrons. The SMILES string of the molecule is CC(=O)NC1C(O)OC(CO)C(N)C1O. The zero-order chi connectivity index (χ0) is 11.6. The molecule has 0 aromatic rings. The Kier molecular flexibility index (Phi) is 4.00. The summed E-state index contributed by atoms with van der Waals surface area (Å²) < 4.78 is 4.94. The Hall–Kier alpha value is -0.730. The standard InChI is InChI=1S/C8H16N2O5/c1-3(12)10-6-7(13)5(9)4(2-11)15-8(6)14/h4-8,11,13-14H,2,9H2,1H3,(H,10,12). The van der Waals surface area contributed by atoms with Crippen molar-refractivity contribution in [3.05, 3.63) is 0 Å². The van der Waals surface area contributed by atoms with E-state index in [9.17, 15) is 15.0 Å². The maximum Gasteiger partial charge on any atom is 0.217 e. The van der Waals surface area contributed by atoms with Crippen LogP contribution < -0.4 is 11.1 Å². The summed E-state index contributed by atoms with van der Waals surface area (Å²) in [6.45, 7) is 0.852. The average molecular weight is 220 g/mol. The first-order chi connectivity index (χ1) is 6.97. The zero-order valence-electron chi connectivity index (χ0n) is 8.33. The maximum absolute atomic E-state index is 10.8. The number of nitrogens with one attached hydrogen (secondary N) is 1. The van der Waals surface area contributed by atoms with E-state index < -0.39 is 43.1 Å². The fourth-order valence-corrected chi connectivity index (χ4v) is 1.54. The first-order valence-electron chi connectivity index (χ1n) is 4.62. The van der Waals surface area contributed by atoms with Crippen LogP contribution in [-0.2, 0) is 9.53 Å². The molecule has 1 rings (SSSR count). The van der Waals surface area contributed by atoms with Crippen LogP contribution in [-0.4, -0.2) is 58.4 Å². The molecule has 15 heavy (non-hydrogen) atoms. The van der Waals surface area contributed by atoms with E-state index in [0.29, 0.717) is 0 Å². The molecule has 7 nitrogen and oxygen atoms in total. The summed E-state index contributed by atoms with van der Waals surface area (Å²) in [5, 5.41) is 30.3. The van der Waals surface area contributed by atoms with Gasteiger partial charge < -0.3 is 31.1 Å². The molecule has 1 heterocycles. The van der Waals surface area contributed by atoms with E-state index in [1.54, 1.807) is 0 Å². The normalized spacial score (nSPS) is 41.3. The minimum atomic E-state index is -1.37. The summed E-state index contributed by atoms with van der Waals surface area (Å²) in [7, 11) is 0. The van der Waals surface area contributed by atoms with Crippen molar-refractivity contribution in [2.24, 2.45) is 5.73 Å². The molecule has 0 aromatic heterocycles. The van der Waals surface area contributed by atoms with E-state index in [1.807, 2.05) is 0 Å². The van der Waals surface area contributed by atoms with E-state index in [4.69, 9.17) is 15.6 Å². The summed E-state index contributed by atoms with van der Waals surface area (Å²) in [6.07, 6.45) is -3.37. The van der Waals surface area contributed by atoms with Crippen LogP contribution in [0, 0.1) is 0 Å². The second-order valence-electron chi connectivity index (χ2n) is 3.54. The van der Waals surface area contributed by atoms with Crippen LogP contribution in [0.2, 0.25) is 0 Å². The van der Waals surface area contributed by atoms with E-state index in [2.05, 4.69) is 5.32 Å². The highest BCUT2D eigenvalue weighted by molar-refractivity contribution is 5.73. The maximum atomic E-state index is 10.8. The van der Waals surface area contributed by atoms with Crippen molar-refractivity contribution in [3.8, 4) is 0 Å². The number of amides is 1. The molecule has 1 amide bonds. The average Bonchev–Trinajstić information content (AvgIpc) is 2.18. The van der Waals surface area contributed by atoms with E-state index in [-0.39, 0.29) is 0 Å². The van der Waals surface area contributed by atoms with Crippen molar-refractivity contribution >= 4 is 5.91 Å². The predicted octanol–water partition coefficient (Wildman–Crippen LogP) is -3.11. The van der Waals surface area contributed by atoms with Crippen LogP contribution in [0.1, 0.15) is 6.92 Å². The smallest absolute Gasteiger partial charge is 0.217 e. The van der Waals surface area contributed by atoms with Gasteiger partial charge in [0.15, 0.2) is 6.29 Å². The third-order valence-corrected chi connectivity index (χ3v) is 2.36. The van der Waals surface area contributed by atoms with Gasteiger partial charge in [-0.1, -0.05) is 0 Å². The topological polar surface area (TPSA) is 125 Å². The molecule has 1 aliphatic heterocycles. The number of aliphatic hydroxyl groups is 3. The van der Waals surface area contributed by atoms with Crippen LogP contribution >= 0.6 is 0 Å². The number of hydrogen-bond acceptors (Lipinski definition) is 6. The minimum absolute atomic E-state index is 0.401. The van der Waals surface area contributed by atoms with Crippen molar-refractivity contribution in [1.82, 2.24) is 5.32 Å². The quantitative estimate of drug-likeness (QED) is 0.335. The number of carbonyl (C=O) groups excluding carboxylic acids is 1. The highest BCUT2D eigenvalue weighted by Crippen LogP contribution is 2.18. The highest BCUT2D eigenvalue weighted by atomic mass is 16.6.